The van der Waals surface area contributed by atoms with Gasteiger partial charge in [-0.15, -0.1) is 0 Å². The highest BCUT2D eigenvalue weighted by molar-refractivity contribution is 7.91. The number of amides is 1. The zero-order chi connectivity index (χ0) is 12.0. The molecule has 1 amide bonds. The molecule has 94 valence electrons. The number of sulfone groups is 1. The minimum atomic E-state index is -2.93. The van der Waals surface area contributed by atoms with Gasteiger partial charge in [-0.3, -0.25) is 4.79 Å². The Hall–Kier alpha value is -0.620. The van der Waals surface area contributed by atoms with Crippen LogP contribution in [-0.4, -0.2) is 45.5 Å². The summed E-state index contributed by atoms with van der Waals surface area (Å²) in [7, 11) is -2.93. The van der Waals surface area contributed by atoms with E-state index >= 15 is 0 Å². The van der Waals surface area contributed by atoms with E-state index in [9.17, 15) is 13.2 Å². The molecule has 6 heteroatoms. The molecule has 2 N–H and O–H groups in total. The molecule has 0 aromatic carbocycles. The molecule has 0 bridgehead atoms. The molecular formula is C10H20N2O3S. The van der Waals surface area contributed by atoms with Crippen LogP contribution in [0, 0.1) is 5.92 Å². The lowest BCUT2D eigenvalue weighted by Gasteiger charge is -2.05. The summed E-state index contributed by atoms with van der Waals surface area (Å²) in [6.45, 7) is 2.92. The van der Waals surface area contributed by atoms with Crippen molar-refractivity contribution in [3.8, 4) is 0 Å². The van der Waals surface area contributed by atoms with Gasteiger partial charge in [0.2, 0.25) is 5.91 Å². The highest BCUT2D eigenvalue weighted by atomic mass is 32.2. The molecule has 1 aliphatic rings. The van der Waals surface area contributed by atoms with Gasteiger partial charge >= 0.3 is 0 Å². The summed E-state index contributed by atoms with van der Waals surface area (Å²) in [4.78, 5) is 11.2. The standard InChI is InChI=1S/C10H20N2O3S/c1-2-16(14,15)6-5-11-8-10(13)12-7-9-3-4-9/h9,11H,2-8H2,1H3,(H,12,13). The van der Waals surface area contributed by atoms with E-state index in [1.54, 1.807) is 6.92 Å². The fourth-order valence-corrected chi connectivity index (χ4v) is 1.96. The van der Waals surface area contributed by atoms with Crippen LogP contribution in [-0.2, 0) is 14.6 Å². The van der Waals surface area contributed by atoms with Crippen LogP contribution in [0.5, 0.6) is 0 Å². The SMILES string of the molecule is CCS(=O)(=O)CCNCC(=O)NCC1CC1. The molecule has 0 unspecified atom stereocenters. The van der Waals surface area contributed by atoms with Gasteiger partial charge in [-0.2, -0.15) is 0 Å². The number of hydrogen-bond acceptors (Lipinski definition) is 4. The molecule has 0 aromatic heterocycles. The number of carbonyl (C=O) groups excluding carboxylic acids is 1. The number of hydrogen-bond donors (Lipinski definition) is 2. The molecule has 0 spiro atoms. The summed E-state index contributed by atoms with van der Waals surface area (Å²) in [5.74, 6) is 0.868. The average Bonchev–Trinajstić information content (AvgIpc) is 3.05. The first-order valence-electron chi connectivity index (χ1n) is 5.71. The Morgan fingerprint density at radius 1 is 1.38 bits per heavy atom. The van der Waals surface area contributed by atoms with E-state index < -0.39 is 9.84 Å². The minimum absolute atomic E-state index is 0.0548. The lowest BCUT2D eigenvalue weighted by atomic mass is 10.4. The number of carbonyl (C=O) groups is 1. The van der Waals surface area contributed by atoms with Crippen molar-refractivity contribution in [1.82, 2.24) is 10.6 Å². The largest absolute Gasteiger partial charge is 0.355 e. The Balaban J connectivity index is 1.99. The van der Waals surface area contributed by atoms with Crippen molar-refractivity contribution in [3.05, 3.63) is 0 Å². The average molecular weight is 248 g/mol. The monoisotopic (exact) mass is 248 g/mol. The van der Waals surface area contributed by atoms with E-state index in [0.717, 1.165) is 6.54 Å². The first-order chi connectivity index (χ1) is 7.53. The van der Waals surface area contributed by atoms with Crippen LogP contribution in [0.15, 0.2) is 0 Å². The molecule has 1 fully saturated rings. The zero-order valence-corrected chi connectivity index (χ0v) is 10.5. The van der Waals surface area contributed by atoms with Crippen molar-refractivity contribution < 1.29 is 13.2 Å². The molecule has 0 saturated heterocycles. The summed E-state index contributed by atoms with van der Waals surface area (Å²) in [6.07, 6.45) is 2.42. The molecule has 0 radical (unpaired) electrons. The van der Waals surface area contributed by atoms with E-state index in [1.165, 1.54) is 12.8 Å². The van der Waals surface area contributed by atoms with E-state index in [1.807, 2.05) is 0 Å². The Morgan fingerprint density at radius 2 is 2.06 bits per heavy atom. The molecule has 5 nitrogen and oxygen atoms in total. The molecule has 0 heterocycles. The van der Waals surface area contributed by atoms with Crippen molar-refractivity contribution in [2.45, 2.75) is 19.8 Å². The van der Waals surface area contributed by atoms with Crippen molar-refractivity contribution in [3.63, 3.8) is 0 Å². The Labute approximate surface area is 96.9 Å². The van der Waals surface area contributed by atoms with Gasteiger partial charge in [-0.25, -0.2) is 8.42 Å². The maximum Gasteiger partial charge on any atom is 0.233 e. The molecule has 0 aromatic rings. The number of nitrogens with one attached hydrogen (secondary N) is 2. The van der Waals surface area contributed by atoms with Crippen LogP contribution in [0.25, 0.3) is 0 Å². The van der Waals surface area contributed by atoms with Crippen LogP contribution in [0.4, 0.5) is 0 Å². The number of rotatable bonds is 8. The van der Waals surface area contributed by atoms with Crippen LogP contribution in [0.1, 0.15) is 19.8 Å². The topological polar surface area (TPSA) is 75.3 Å². The Bertz CT molecular complexity index is 323. The van der Waals surface area contributed by atoms with Crippen LogP contribution in [0.3, 0.4) is 0 Å². The van der Waals surface area contributed by atoms with Gasteiger partial charge in [0.25, 0.3) is 0 Å². The van der Waals surface area contributed by atoms with Crippen molar-refractivity contribution in [2.24, 2.45) is 5.92 Å². The van der Waals surface area contributed by atoms with Gasteiger partial charge in [0.1, 0.15) is 0 Å². The molecule has 0 atom stereocenters. The van der Waals surface area contributed by atoms with Gasteiger partial charge in [-0.1, -0.05) is 6.92 Å². The lowest BCUT2D eigenvalue weighted by molar-refractivity contribution is -0.120. The maximum atomic E-state index is 11.2. The lowest BCUT2D eigenvalue weighted by Crippen LogP contribution is -2.36. The van der Waals surface area contributed by atoms with Gasteiger partial charge in [-0.05, 0) is 18.8 Å². The van der Waals surface area contributed by atoms with Crippen molar-refractivity contribution in [1.29, 1.82) is 0 Å². The molecule has 1 rings (SSSR count). The zero-order valence-electron chi connectivity index (χ0n) is 9.66. The van der Waals surface area contributed by atoms with Crippen LogP contribution >= 0.6 is 0 Å². The fourth-order valence-electron chi connectivity index (χ4n) is 1.22. The highest BCUT2D eigenvalue weighted by Gasteiger charge is 2.21. The Morgan fingerprint density at radius 3 is 2.62 bits per heavy atom. The third-order valence-corrected chi connectivity index (χ3v) is 4.31. The summed E-state index contributed by atoms with van der Waals surface area (Å²) >= 11 is 0. The normalized spacial score (nSPS) is 16.1. The molecular weight excluding hydrogens is 228 g/mol. The van der Waals surface area contributed by atoms with E-state index in [2.05, 4.69) is 10.6 Å². The predicted molar refractivity (Wildman–Crippen MR) is 62.9 cm³/mol. The quantitative estimate of drug-likeness (QED) is 0.570. The third-order valence-electron chi connectivity index (χ3n) is 2.60. The second-order valence-electron chi connectivity index (χ2n) is 4.16. The Kier molecular flexibility index (Phi) is 5.21. The second kappa shape index (κ2) is 6.20. The summed E-state index contributed by atoms with van der Waals surface area (Å²) in [6, 6.07) is 0. The van der Waals surface area contributed by atoms with Gasteiger partial charge in [0, 0.05) is 18.8 Å². The van der Waals surface area contributed by atoms with Crippen molar-refractivity contribution >= 4 is 15.7 Å². The van der Waals surface area contributed by atoms with Gasteiger partial charge in [0.05, 0.1) is 12.3 Å². The van der Waals surface area contributed by atoms with Crippen molar-refractivity contribution in [2.75, 3.05) is 31.1 Å². The molecule has 1 aliphatic carbocycles. The van der Waals surface area contributed by atoms with Crippen LogP contribution in [0.2, 0.25) is 0 Å². The molecule has 1 saturated carbocycles. The minimum Gasteiger partial charge on any atom is -0.355 e. The van der Waals surface area contributed by atoms with E-state index in [4.69, 9.17) is 0 Å². The van der Waals surface area contributed by atoms with E-state index in [-0.39, 0.29) is 24.0 Å². The highest BCUT2D eigenvalue weighted by Crippen LogP contribution is 2.27. The second-order valence-corrected chi connectivity index (χ2v) is 6.63. The molecule has 0 aliphatic heterocycles. The smallest absolute Gasteiger partial charge is 0.233 e. The molecule has 16 heavy (non-hydrogen) atoms. The van der Waals surface area contributed by atoms with E-state index in [0.29, 0.717) is 12.5 Å². The van der Waals surface area contributed by atoms with Gasteiger partial charge in [0.15, 0.2) is 9.84 Å². The third kappa shape index (κ3) is 6.07. The first-order valence-corrected chi connectivity index (χ1v) is 7.53. The fraction of sp³-hybridized carbons (Fsp3) is 0.900. The summed E-state index contributed by atoms with van der Waals surface area (Å²) in [5, 5.41) is 5.63. The van der Waals surface area contributed by atoms with Gasteiger partial charge < -0.3 is 10.6 Å². The summed E-state index contributed by atoms with van der Waals surface area (Å²) in [5.41, 5.74) is 0. The summed E-state index contributed by atoms with van der Waals surface area (Å²) < 4.78 is 22.3. The maximum absolute atomic E-state index is 11.2. The first kappa shape index (κ1) is 13.4. The predicted octanol–water partition coefficient (Wildman–Crippen LogP) is -0.463. The van der Waals surface area contributed by atoms with Crippen LogP contribution < -0.4 is 10.6 Å².